The number of carboxylic acid groups (broad SMARTS) is 1. The lowest BCUT2D eigenvalue weighted by Gasteiger charge is -2.02. The highest BCUT2D eigenvalue weighted by atomic mass is 19.1. The predicted molar refractivity (Wildman–Crippen MR) is 96.1 cm³/mol. The second-order valence-corrected chi connectivity index (χ2v) is 5.82. The summed E-state index contributed by atoms with van der Waals surface area (Å²) in [5.41, 5.74) is 1.08. The molecule has 0 amide bonds. The Bertz CT molecular complexity index is 1190. The van der Waals surface area contributed by atoms with E-state index in [2.05, 4.69) is 10.1 Å². The third-order valence-corrected chi connectivity index (χ3v) is 4.16. The van der Waals surface area contributed by atoms with Crippen LogP contribution < -0.4 is 0 Å². The van der Waals surface area contributed by atoms with Gasteiger partial charge in [-0.1, -0.05) is 18.2 Å². The standard InChI is InChI=1S/C20H12FN3O3/c21-16-10-12(20(26)27)7-8-14(16)18-15-5-1-2-6-17(15)24(23-18)19(25)13-4-3-9-22-11-13/h1-11H,(H,26,27). The Hall–Kier alpha value is -3.87. The van der Waals surface area contributed by atoms with Crippen LogP contribution in [-0.2, 0) is 0 Å². The number of carboxylic acids is 1. The van der Waals surface area contributed by atoms with Gasteiger partial charge in [0.15, 0.2) is 0 Å². The van der Waals surface area contributed by atoms with E-state index in [1.54, 1.807) is 42.6 Å². The van der Waals surface area contributed by atoms with E-state index in [0.29, 0.717) is 16.5 Å². The van der Waals surface area contributed by atoms with Crippen LogP contribution in [0.5, 0.6) is 0 Å². The van der Waals surface area contributed by atoms with Crippen molar-refractivity contribution in [2.75, 3.05) is 0 Å². The molecule has 27 heavy (non-hydrogen) atoms. The molecule has 0 aliphatic heterocycles. The molecule has 0 spiro atoms. The highest BCUT2D eigenvalue weighted by Crippen LogP contribution is 2.30. The molecule has 0 radical (unpaired) electrons. The molecular formula is C20H12FN3O3. The largest absolute Gasteiger partial charge is 0.478 e. The predicted octanol–water partition coefficient (Wildman–Crippen LogP) is 3.62. The maximum Gasteiger partial charge on any atom is 0.335 e. The third-order valence-electron chi connectivity index (χ3n) is 4.16. The zero-order valence-electron chi connectivity index (χ0n) is 13.8. The number of rotatable bonds is 3. The second kappa shape index (κ2) is 6.45. The van der Waals surface area contributed by atoms with Gasteiger partial charge in [0.2, 0.25) is 0 Å². The molecule has 0 saturated carbocycles. The number of hydrogen-bond donors (Lipinski definition) is 1. The Balaban J connectivity index is 1.91. The van der Waals surface area contributed by atoms with Gasteiger partial charge < -0.3 is 5.11 Å². The first-order valence-electron chi connectivity index (χ1n) is 8.02. The summed E-state index contributed by atoms with van der Waals surface area (Å²) in [6, 6.07) is 13.8. The molecule has 0 fully saturated rings. The molecular weight excluding hydrogens is 349 g/mol. The van der Waals surface area contributed by atoms with Crippen LogP contribution in [-0.4, -0.2) is 31.7 Å². The van der Waals surface area contributed by atoms with Crippen LogP contribution in [0.3, 0.4) is 0 Å². The van der Waals surface area contributed by atoms with Gasteiger partial charge in [-0.25, -0.2) is 9.18 Å². The highest BCUT2D eigenvalue weighted by molar-refractivity contribution is 6.04. The number of aromatic carboxylic acids is 1. The number of halogens is 1. The van der Waals surface area contributed by atoms with Crippen LogP contribution in [0.25, 0.3) is 22.2 Å². The number of fused-ring (bicyclic) bond motifs is 1. The van der Waals surface area contributed by atoms with Gasteiger partial charge in [-0.3, -0.25) is 9.78 Å². The van der Waals surface area contributed by atoms with Crippen molar-refractivity contribution in [3.63, 3.8) is 0 Å². The summed E-state index contributed by atoms with van der Waals surface area (Å²) in [7, 11) is 0. The van der Waals surface area contributed by atoms with Crippen molar-refractivity contribution in [2.24, 2.45) is 0 Å². The molecule has 0 aliphatic carbocycles. The number of benzene rings is 2. The van der Waals surface area contributed by atoms with Crippen LogP contribution in [0.4, 0.5) is 4.39 Å². The molecule has 0 saturated heterocycles. The molecule has 7 heteroatoms. The Morgan fingerprint density at radius 1 is 1.00 bits per heavy atom. The van der Waals surface area contributed by atoms with E-state index >= 15 is 0 Å². The average Bonchev–Trinajstić information content (AvgIpc) is 3.07. The van der Waals surface area contributed by atoms with Crippen molar-refractivity contribution in [1.29, 1.82) is 0 Å². The first kappa shape index (κ1) is 16.6. The van der Waals surface area contributed by atoms with Crippen molar-refractivity contribution in [2.45, 2.75) is 0 Å². The van der Waals surface area contributed by atoms with E-state index in [0.717, 1.165) is 6.07 Å². The lowest BCUT2D eigenvalue weighted by Crippen LogP contribution is -2.13. The third kappa shape index (κ3) is 2.85. The Kier molecular flexibility index (Phi) is 3.97. The minimum absolute atomic E-state index is 0.119. The van der Waals surface area contributed by atoms with E-state index in [1.807, 2.05) is 0 Å². The number of aromatic nitrogens is 3. The van der Waals surface area contributed by atoms with E-state index in [1.165, 1.54) is 23.0 Å². The van der Waals surface area contributed by atoms with Gasteiger partial charge in [-0.2, -0.15) is 9.78 Å². The summed E-state index contributed by atoms with van der Waals surface area (Å²) in [5, 5.41) is 13.9. The maximum absolute atomic E-state index is 14.5. The van der Waals surface area contributed by atoms with Gasteiger partial charge >= 0.3 is 5.97 Å². The topological polar surface area (TPSA) is 85.1 Å². The van der Waals surface area contributed by atoms with Gasteiger partial charge in [0.25, 0.3) is 5.91 Å². The van der Waals surface area contributed by atoms with E-state index < -0.39 is 17.7 Å². The molecule has 2 heterocycles. The summed E-state index contributed by atoms with van der Waals surface area (Å²) >= 11 is 0. The minimum atomic E-state index is -1.22. The van der Waals surface area contributed by atoms with Gasteiger partial charge in [0, 0.05) is 23.3 Å². The lowest BCUT2D eigenvalue weighted by atomic mass is 10.1. The summed E-state index contributed by atoms with van der Waals surface area (Å²) in [6.07, 6.45) is 2.99. The molecule has 1 N–H and O–H groups in total. The SMILES string of the molecule is O=C(O)c1ccc(-c2nn(C(=O)c3cccnc3)c3ccccc23)c(F)c1. The molecule has 0 bridgehead atoms. The van der Waals surface area contributed by atoms with Crippen LogP contribution in [0.2, 0.25) is 0 Å². The monoisotopic (exact) mass is 361 g/mol. The summed E-state index contributed by atoms with van der Waals surface area (Å²) in [5.74, 6) is -2.34. The molecule has 0 atom stereocenters. The smallest absolute Gasteiger partial charge is 0.335 e. The van der Waals surface area contributed by atoms with Crippen molar-refractivity contribution in [1.82, 2.24) is 14.8 Å². The molecule has 0 aliphatic rings. The molecule has 0 unspecified atom stereocenters. The normalized spacial score (nSPS) is 10.9. The number of nitrogens with zero attached hydrogens (tertiary/aromatic N) is 3. The molecule has 4 rings (SSSR count). The zero-order chi connectivity index (χ0) is 19.0. The van der Waals surface area contributed by atoms with Crippen LogP contribution in [0, 0.1) is 5.82 Å². The molecule has 132 valence electrons. The molecule has 2 aromatic heterocycles. The lowest BCUT2D eigenvalue weighted by molar-refractivity contribution is 0.0696. The summed E-state index contributed by atoms with van der Waals surface area (Å²) in [6.45, 7) is 0. The van der Waals surface area contributed by atoms with Gasteiger partial charge in [0.1, 0.15) is 11.5 Å². The van der Waals surface area contributed by atoms with Gasteiger partial charge in [-0.15, -0.1) is 0 Å². The fourth-order valence-corrected chi connectivity index (χ4v) is 2.87. The van der Waals surface area contributed by atoms with Crippen molar-refractivity contribution < 1.29 is 19.1 Å². The zero-order valence-corrected chi connectivity index (χ0v) is 13.8. The van der Waals surface area contributed by atoms with Crippen molar-refractivity contribution in [3.05, 3.63) is 83.9 Å². The Morgan fingerprint density at radius 3 is 2.52 bits per heavy atom. The molecule has 4 aromatic rings. The van der Waals surface area contributed by atoms with E-state index in [4.69, 9.17) is 5.11 Å². The maximum atomic E-state index is 14.5. The van der Waals surface area contributed by atoms with E-state index in [-0.39, 0.29) is 16.8 Å². The van der Waals surface area contributed by atoms with Crippen molar-refractivity contribution >= 4 is 22.8 Å². The summed E-state index contributed by atoms with van der Waals surface area (Å²) < 4.78 is 15.8. The first-order chi connectivity index (χ1) is 13.1. The number of pyridine rings is 1. The first-order valence-corrected chi connectivity index (χ1v) is 8.02. The number of para-hydroxylation sites is 1. The highest BCUT2D eigenvalue weighted by Gasteiger charge is 2.20. The number of hydrogen-bond acceptors (Lipinski definition) is 4. The fourth-order valence-electron chi connectivity index (χ4n) is 2.87. The summed E-state index contributed by atoms with van der Waals surface area (Å²) in [4.78, 5) is 27.8. The Morgan fingerprint density at radius 2 is 1.81 bits per heavy atom. The molecule has 6 nitrogen and oxygen atoms in total. The minimum Gasteiger partial charge on any atom is -0.478 e. The molecule has 2 aromatic carbocycles. The van der Waals surface area contributed by atoms with Crippen LogP contribution in [0.1, 0.15) is 20.7 Å². The second-order valence-electron chi connectivity index (χ2n) is 5.82. The average molecular weight is 361 g/mol. The van der Waals surface area contributed by atoms with Gasteiger partial charge in [0.05, 0.1) is 16.6 Å². The number of carbonyl (C=O) groups is 2. The Labute approximate surface area is 152 Å². The van der Waals surface area contributed by atoms with Crippen molar-refractivity contribution in [3.8, 4) is 11.3 Å². The fraction of sp³-hybridized carbons (Fsp3) is 0. The van der Waals surface area contributed by atoms with Crippen LogP contribution in [0.15, 0.2) is 67.0 Å². The quantitative estimate of drug-likeness (QED) is 0.602. The van der Waals surface area contributed by atoms with E-state index in [9.17, 15) is 14.0 Å². The number of carbonyl (C=O) groups excluding carboxylic acids is 1. The van der Waals surface area contributed by atoms with Gasteiger partial charge in [-0.05, 0) is 36.4 Å². The van der Waals surface area contributed by atoms with Crippen LogP contribution >= 0.6 is 0 Å².